The molecule has 23 heavy (non-hydrogen) atoms. The zero-order chi connectivity index (χ0) is 16.4. The molecule has 0 unspecified atom stereocenters. The van der Waals surface area contributed by atoms with Gasteiger partial charge in [-0.3, -0.25) is 9.20 Å². The number of aromatic nitrogens is 2. The number of thiazole rings is 1. The molecule has 0 spiro atoms. The lowest BCUT2D eigenvalue weighted by molar-refractivity contribution is -0.125. The monoisotopic (exact) mass is 325 g/mol. The fraction of sp³-hybridized carbons (Fsp3) is 0.222. The quantitative estimate of drug-likeness (QED) is 0.686. The number of aryl methyl sites for hydroxylation is 2. The Balaban J connectivity index is 1.75. The average molecular weight is 325 g/mol. The van der Waals surface area contributed by atoms with E-state index < -0.39 is 0 Å². The largest absolute Gasteiger partial charge is 0.338 e. The Hall–Kier alpha value is -2.40. The molecule has 0 aliphatic rings. The van der Waals surface area contributed by atoms with E-state index in [1.165, 1.54) is 4.88 Å². The van der Waals surface area contributed by atoms with Crippen molar-refractivity contribution >= 4 is 28.3 Å². The first kappa shape index (κ1) is 15.5. The van der Waals surface area contributed by atoms with Crippen molar-refractivity contribution in [2.24, 2.45) is 0 Å². The maximum absolute atomic E-state index is 12.3. The molecule has 2 heterocycles. The molecule has 3 aromatic rings. The van der Waals surface area contributed by atoms with Crippen LogP contribution in [0.25, 0.3) is 11.0 Å². The highest BCUT2D eigenvalue weighted by Gasteiger charge is 2.10. The second-order valence-corrected chi connectivity index (χ2v) is 6.80. The molecule has 4 nitrogen and oxygen atoms in total. The number of imidazole rings is 1. The normalized spacial score (nSPS) is 11.4. The first-order valence-corrected chi connectivity index (χ1v) is 8.28. The van der Waals surface area contributed by atoms with Gasteiger partial charge in [-0.05, 0) is 25.5 Å². The number of hydrogen-bond donors (Lipinski definition) is 0. The summed E-state index contributed by atoms with van der Waals surface area (Å²) in [5.74, 6) is -0.0184. The maximum atomic E-state index is 12.3. The van der Waals surface area contributed by atoms with Crippen molar-refractivity contribution < 1.29 is 4.79 Å². The van der Waals surface area contributed by atoms with E-state index in [1.54, 1.807) is 22.3 Å². The zero-order valence-electron chi connectivity index (χ0n) is 13.5. The summed E-state index contributed by atoms with van der Waals surface area (Å²) in [7, 11) is 1.81. The predicted molar refractivity (Wildman–Crippen MR) is 94.5 cm³/mol. The van der Waals surface area contributed by atoms with Crippen molar-refractivity contribution in [2.45, 2.75) is 20.4 Å². The number of carbonyl (C=O) groups excluding carboxylic acids is 1. The van der Waals surface area contributed by atoms with Gasteiger partial charge >= 0.3 is 0 Å². The Morgan fingerprint density at radius 2 is 2.04 bits per heavy atom. The van der Waals surface area contributed by atoms with Gasteiger partial charge in [-0.2, -0.15) is 0 Å². The molecule has 0 radical (unpaired) electrons. The van der Waals surface area contributed by atoms with Crippen LogP contribution in [0.15, 0.2) is 42.6 Å². The topological polar surface area (TPSA) is 37.6 Å². The molecule has 0 fully saturated rings. The molecule has 0 N–H and O–H groups in total. The summed E-state index contributed by atoms with van der Waals surface area (Å²) < 4.78 is 2.04. The Labute approximate surface area is 139 Å². The van der Waals surface area contributed by atoms with Gasteiger partial charge in [0.05, 0.1) is 11.4 Å². The van der Waals surface area contributed by atoms with Gasteiger partial charge in [-0.1, -0.05) is 30.3 Å². The Kier molecular flexibility index (Phi) is 4.30. The number of rotatable bonds is 4. The number of carbonyl (C=O) groups is 1. The van der Waals surface area contributed by atoms with E-state index >= 15 is 0 Å². The molecule has 0 bridgehead atoms. The van der Waals surface area contributed by atoms with Crippen molar-refractivity contribution in [1.29, 1.82) is 0 Å². The Bertz CT molecular complexity index is 861. The minimum absolute atomic E-state index is 0.0184. The molecule has 0 atom stereocenters. The van der Waals surface area contributed by atoms with Crippen LogP contribution in [-0.2, 0) is 11.3 Å². The lowest BCUT2D eigenvalue weighted by Gasteiger charge is -2.14. The van der Waals surface area contributed by atoms with Gasteiger partial charge in [0.25, 0.3) is 0 Å². The predicted octanol–water partition coefficient (Wildman–Crippen LogP) is 3.68. The molecule has 2 aromatic heterocycles. The van der Waals surface area contributed by atoms with Crippen LogP contribution in [0.4, 0.5) is 0 Å². The molecular weight excluding hydrogens is 306 g/mol. The van der Waals surface area contributed by atoms with E-state index in [-0.39, 0.29) is 5.91 Å². The molecule has 0 saturated carbocycles. The molecule has 0 saturated heterocycles. The second kappa shape index (κ2) is 6.38. The summed E-state index contributed by atoms with van der Waals surface area (Å²) in [6.45, 7) is 4.62. The third kappa shape index (κ3) is 3.35. The van der Waals surface area contributed by atoms with Gasteiger partial charge in [-0.25, -0.2) is 4.98 Å². The van der Waals surface area contributed by atoms with Crippen LogP contribution >= 0.6 is 11.3 Å². The van der Waals surface area contributed by atoms with Crippen LogP contribution < -0.4 is 0 Å². The highest BCUT2D eigenvalue weighted by Crippen LogP contribution is 2.21. The number of likely N-dealkylation sites (N-methyl/N-ethyl adjacent to an activating group) is 1. The molecule has 1 amide bonds. The fourth-order valence-electron chi connectivity index (χ4n) is 2.49. The van der Waals surface area contributed by atoms with Crippen LogP contribution in [0, 0.1) is 13.8 Å². The summed E-state index contributed by atoms with van der Waals surface area (Å²) in [6, 6.07) is 9.98. The highest BCUT2D eigenvalue weighted by atomic mass is 32.1. The molecule has 3 rings (SSSR count). The van der Waals surface area contributed by atoms with Crippen molar-refractivity contribution in [3.05, 3.63) is 64.4 Å². The van der Waals surface area contributed by atoms with E-state index in [0.717, 1.165) is 21.9 Å². The summed E-state index contributed by atoms with van der Waals surface area (Å²) in [6.07, 6.45) is 5.52. The lowest BCUT2D eigenvalue weighted by atomic mass is 10.2. The number of benzene rings is 1. The third-order valence-electron chi connectivity index (χ3n) is 3.69. The van der Waals surface area contributed by atoms with Crippen LogP contribution in [0.3, 0.4) is 0 Å². The molecule has 1 aromatic carbocycles. The number of nitrogens with zero attached hydrogens (tertiary/aromatic N) is 3. The maximum Gasteiger partial charge on any atom is 0.246 e. The summed E-state index contributed by atoms with van der Waals surface area (Å²) >= 11 is 1.65. The first-order valence-electron chi connectivity index (χ1n) is 7.47. The SMILES string of the molecule is Cc1cn2c(/C=C/C(=O)N(C)Cc3ccccc3)c(C)nc2s1. The zero-order valence-corrected chi connectivity index (χ0v) is 14.3. The summed E-state index contributed by atoms with van der Waals surface area (Å²) in [5.41, 5.74) is 3.02. The van der Waals surface area contributed by atoms with Crippen LogP contribution in [0.1, 0.15) is 21.8 Å². The van der Waals surface area contributed by atoms with Crippen LogP contribution in [0.2, 0.25) is 0 Å². The van der Waals surface area contributed by atoms with E-state index in [2.05, 4.69) is 18.1 Å². The molecule has 5 heteroatoms. The molecular formula is C18H19N3OS. The van der Waals surface area contributed by atoms with E-state index in [9.17, 15) is 4.79 Å². The number of hydrogen-bond acceptors (Lipinski definition) is 3. The van der Waals surface area contributed by atoms with Gasteiger partial charge < -0.3 is 4.90 Å². The second-order valence-electron chi connectivity index (χ2n) is 5.59. The third-order valence-corrected chi connectivity index (χ3v) is 4.58. The number of fused-ring (bicyclic) bond motifs is 1. The molecule has 0 aliphatic heterocycles. The smallest absolute Gasteiger partial charge is 0.246 e. The van der Waals surface area contributed by atoms with Crippen molar-refractivity contribution in [3.63, 3.8) is 0 Å². The standard InChI is InChI=1S/C18H19N3OS/c1-13-11-21-16(14(2)19-18(21)23-13)9-10-17(22)20(3)12-15-7-5-4-6-8-15/h4-11H,12H2,1-3H3/b10-9+. The van der Waals surface area contributed by atoms with Gasteiger partial charge in [-0.15, -0.1) is 11.3 Å². The Morgan fingerprint density at radius 3 is 2.78 bits per heavy atom. The summed E-state index contributed by atoms with van der Waals surface area (Å²) in [4.78, 5) is 20.7. The highest BCUT2D eigenvalue weighted by molar-refractivity contribution is 7.17. The molecule has 0 aliphatic carbocycles. The summed E-state index contributed by atoms with van der Waals surface area (Å²) in [5, 5.41) is 0. The lowest BCUT2D eigenvalue weighted by Crippen LogP contribution is -2.24. The van der Waals surface area contributed by atoms with Crippen LogP contribution in [-0.4, -0.2) is 27.2 Å². The van der Waals surface area contributed by atoms with Gasteiger partial charge in [0, 0.05) is 30.7 Å². The van der Waals surface area contributed by atoms with Crippen molar-refractivity contribution in [1.82, 2.24) is 14.3 Å². The van der Waals surface area contributed by atoms with E-state index in [4.69, 9.17) is 0 Å². The fourth-order valence-corrected chi connectivity index (χ4v) is 3.37. The molecule has 118 valence electrons. The van der Waals surface area contributed by atoms with E-state index in [0.29, 0.717) is 6.54 Å². The minimum Gasteiger partial charge on any atom is -0.338 e. The van der Waals surface area contributed by atoms with Crippen molar-refractivity contribution in [2.75, 3.05) is 7.05 Å². The minimum atomic E-state index is -0.0184. The Morgan fingerprint density at radius 1 is 1.30 bits per heavy atom. The number of amides is 1. The van der Waals surface area contributed by atoms with E-state index in [1.807, 2.05) is 54.8 Å². The van der Waals surface area contributed by atoms with Gasteiger partial charge in [0.15, 0.2) is 4.96 Å². The van der Waals surface area contributed by atoms with Gasteiger partial charge in [0.1, 0.15) is 0 Å². The van der Waals surface area contributed by atoms with Crippen molar-refractivity contribution in [3.8, 4) is 0 Å². The first-order chi connectivity index (χ1) is 11.0. The van der Waals surface area contributed by atoms with Crippen LogP contribution in [0.5, 0.6) is 0 Å². The van der Waals surface area contributed by atoms with Gasteiger partial charge in [0.2, 0.25) is 5.91 Å². The average Bonchev–Trinajstić information content (AvgIpc) is 3.01.